The molecule has 0 spiro atoms. The summed E-state index contributed by atoms with van der Waals surface area (Å²) in [6, 6.07) is 6.96. The minimum absolute atomic E-state index is 0.193. The van der Waals surface area contributed by atoms with Gasteiger partial charge >= 0.3 is 7.82 Å². The van der Waals surface area contributed by atoms with Gasteiger partial charge in [0.1, 0.15) is 0 Å². The molecule has 78 valence electrons. The van der Waals surface area contributed by atoms with Crippen molar-refractivity contribution in [2.24, 2.45) is 0 Å². The second-order valence-electron chi connectivity index (χ2n) is 2.78. The number of nitrogens with zero attached hydrogens (tertiary/aromatic N) is 2. The van der Waals surface area contributed by atoms with E-state index in [1.165, 1.54) is 6.20 Å². The molecule has 0 bridgehead atoms. The number of aromatic nitrogens is 2. The number of phosphoric acid groups is 1. The lowest BCUT2D eigenvalue weighted by molar-refractivity contribution is 0.279. The molecule has 0 saturated heterocycles. The number of phosphoric ester groups is 1. The van der Waals surface area contributed by atoms with E-state index < -0.39 is 7.82 Å². The quantitative estimate of drug-likeness (QED) is 0.745. The summed E-state index contributed by atoms with van der Waals surface area (Å²) in [7, 11) is -4.57. The molecule has 0 atom stereocenters. The van der Waals surface area contributed by atoms with Crippen LogP contribution in [-0.2, 0) is 4.57 Å². The average Bonchev–Trinajstić information content (AvgIpc) is 2.15. The number of hydrogen-bond donors (Lipinski definition) is 2. The van der Waals surface area contributed by atoms with Crippen molar-refractivity contribution in [3.05, 3.63) is 30.5 Å². The first-order chi connectivity index (χ1) is 7.04. The van der Waals surface area contributed by atoms with Crippen molar-refractivity contribution in [3.8, 4) is 5.88 Å². The largest absolute Gasteiger partial charge is 0.526 e. The Bertz CT molecular complexity index is 539. The molecule has 2 aromatic rings. The predicted molar refractivity (Wildman–Crippen MR) is 52.2 cm³/mol. The van der Waals surface area contributed by atoms with Gasteiger partial charge in [0.2, 0.25) is 5.88 Å². The summed E-state index contributed by atoms with van der Waals surface area (Å²) in [4.78, 5) is 24.9. The lowest BCUT2D eigenvalue weighted by Gasteiger charge is -2.05. The highest BCUT2D eigenvalue weighted by molar-refractivity contribution is 7.46. The maximum atomic E-state index is 10.5. The van der Waals surface area contributed by atoms with Crippen molar-refractivity contribution in [1.29, 1.82) is 0 Å². The van der Waals surface area contributed by atoms with Crippen LogP contribution in [0.15, 0.2) is 30.5 Å². The van der Waals surface area contributed by atoms with Crippen LogP contribution in [0, 0.1) is 0 Å². The van der Waals surface area contributed by atoms with Crippen molar-refractivity contribution in [2.45, 2.75) is 0 Å². The van der Waals surface area contributed by atoms with Crippen LogP contribution in [0.3, 0.4) is 0 Å². The van der Waals surface area contributed by atoms with Gasteiger partial charge in [-0.1, -0.05) is 12.1 Å². The Morgan fingerprint density at radius 3 is 2.53 bits per heavy atom. The molecule has 1 aromatic carbocycles. The summed E-state index contributed by atoms with van der Waals surface area (Å²) in [6.07, 6.45) is 1.17. The van der Waals surface area contributed by atoms with Gasteiger partial charge in [0.15, 0.2) is 0 Å². The monoisotopic (exact) mass is 226 g/mol. The number of hydrogen-bond acceptors (Lipinski definition) is 4. The number of para-hydroxylation sites is 2. The summed E-state index contributed by atoms with van der Waals surface area (Å²) in [6.45, 7) is 0. The Labute approximate surface area is 84.8 Å². The highest BCUT2D eigenvalue weighted by Crippen LogP contribution is 2.36. The van der Waals surface area contributed by atoms with Gasteiger partial charge < -0.3 is 4.52 Å². The van der Waals surface area contributed by atoms with Crippen molar-refractivity contribution < 1.29 is 18.9 Å². The molecule has 15 heavy (non-hydrogen) atoms. The third-order valence-electron chi connectivity index (χ3n) is 1.64. The molecule has 0 unspecified atom stereocenters. The van der Waals surface area contributed by atoms with Crippen LogP contribution in [0.5, 0.6) is 5.88 Å². The second kappa shape index (κ2) is 3.58. The normalized spacial score (nSPS) is 11.6. The summed E-state index contributed by atoms with van der Waals surface area (Å²) in [5.41, 5.74) is 1.15. The Kier molecular flexibility index (Phi) is 2.40. The maximum absolute atomic E-state index is 10.5. The Balaban J connectivity index is 2.43. The van der Waals surface area contributed by atoms with Crippen molar-refractivity contribution in [3.63, 3.8) is 0 Å². The van der Waals surface area contributed by atoms with Crippen LogP contribution in [0.2, 0.25) is 0 Å². The topological polar surface area (TPSA) is 92.5 Å². The van der Waals surface area contributed by atoms with E-state index >= 15 is 0 Å². The molecule has 0 aliphatic carbocycles. The van der Waals surface area contributed by atoms with Crippen LogP contribution >= 0.6 is 7.82 Å². The van der Waals surface area contributed by atoms with Crippen molar-refractivity contribution in [2.75, 3.05) is 0 Å². The standard InChI is InChI=1S/C8H7N2O4P/c11-15(12,13)14-8-5-9-6-3-1-2-4-7(6)10-8/h1-5H,(H2,11,12,13). The van der Waals surface area contributed by atoms with E-state index in [1.807, 2.05) is 0 Å². The van der Waals surface area contributed by atoms with E-state index in [1.54, 1.807) is 24.3 Å². The Morgan fingerprint density at radius 1 is 1.20 bits per heavy atom. The van der Waals surface area contributed by atoms with Crippen LogP contribution in [0.25, 0.3) is 11.0 Å². The van der Waals surface area contributed by atoms with Crippen LogP contribution in [0.1, 0.15) is 0 Å². The van der Waals surface area contributed by atoms with Gasteiger partial charge in [-0.15, -0.1) is 0 Å². The summed E-state index contributed by atoms with van der Waals surface area (Å²) >= 11 is 0. The SMILES string of the molecule is O=P(O)(O)Oc1cnc2ccccc2n1. The highest BCUT2D eigenvalue weighted by atomic mass is 31.2. The van der Waals surface area contributed by atoms with Gasteiger partial charge in [-0.05, 0) is 12.1 Å². The first-order valence-electron chi connectivity index (χ1n) is 4.01. The van der Waals surface area contributed by atoms with E-state index in [2.05, 4.69) is 14.5 Å². The molecule has 1 aromatic heterocycles. The summed E-state index contributed by atoms with van der Waals surface area (Å²) in [5.74, 6) is -0.193. The lowest BCUT2D eigenvalue weighted by atomic mass is 10.3. The van der Waals surface area contributed by atoms with E-state index in [4.69, 9.17) is 9.79 Å². The van der Waals surface area contributed by atoms with Crippen molar-refractivity contribution in [1.82, 2.24) is 9.97 Å². The van der Waals surface area contributed by atoms with Gasteiger partial charge in [0.05, 0.1) is 17.2 Å². The Hall–Kier alpha value is -1.49. The highest BCUT2D eigenvalue weighted by Gasteiger charge is 2.17. The average molecular weight is 226 g/mol. The molecule has 7 heteroatoms. The number of rotatable bonds is 2. The van der Waals surface area contributed by atoms with Crippen molar-refractivity contribution >= 4 is 18.9 Å². The van der Waals surface area contributed by atoms with Gasteiger partial charge in [-0.3, -0.25) is 9.79 Å². The molecule has 0 radical (unpaired) electrons. The molecule has 1 heterocycles. The molecule has 2 N–H and O–H groups in total. The fourth-order valence-corrected chi connectivity index (χ4v) is 1.44. The number of fused-ring (bicyclic) bond motifs is 1. The minimum atomic E-state index is -4.57. The number of benzene rings is 1. The summed E-state index contributed by atoms with van der Waals surface area (Å²) in [5, 5.41) is 0. The van der Waals surface area contributed by atoms with Gasteiger partial charge in [0, 0.05) is 0 Å². The van der Waals surface area contributed by atoms with E-state index in [9.17, 15) is 4.57 Å². The third kappa shape index (κ3) is 2.50. The molecular weight excluding hydrogens is 219 g/mol. The smallest absolute Gasteiger partial charge is 0.384 e. The first kappa shape index (κ1) is 10.0. The molecule has 0 aliphatic heterocycles. The molecule has 6 nitrogen and oxygen atoms in total. The van der Waals surface area contributed by atoms with E-state index in [-0.39, 0.29) is 5.88 Å². The lowest BCUT2D eigenvalue weighted by Crippen LogP contribution is -1.94. The van der Waals surface area contributed by atoms with Crippen LogP contribution < -0.4 is 4.52 Å². The van der Waals surface area contributed by atoms with E-state index in [0.717, 1.165) is 0 Å². The third-order valence-corrected chi connectivity index (χ3v) is 2.06. The molecular formula is C8H7N2O4P. The fraction of sp³-hybridized carbons (Fsp3) is 0. The first-order valence-corrected chi connectivity index (χ1v) is 5.54. The molecule has 0 saturated carbocycles. The fourth-order valence-electron chi connectivity index (χ4n) is 1.11. The minimum Gasteiger partial charge on any atom is -0.384 e. The molecule has 0 amide bonds. The predicted octanol–water partition coefficient (Wildman–Crippen LogP) is 1.10. The van der Waals surface area contributed by atoms with Gasteiger partial charge in [0.25, 0.3) is 0 Å². The van der Waals surface area contributed by atoms with Crippen LogP contribution in [0.4, 0.5) is 0 Å². The Morgan fingerprint density at radius 2 is 1.87 bits per heavy atom. The molecule has 2 rings (SSSR count). The summed E-state index contributed by atoms with van der Waals surface area (Å²) < 4.78 is 14.8. The zero-order chi connectivity index (χ0) is 10.9. The second-order valence-corrected chi connectivity index (χ2v) is 3.94. The molecule has 0 fully saturated rings. The van der Waals surface area contributed by atoms with Gasteiger partial charge in [-0.2, -0.15) is 0 Å². The van der Waals surface area contributed by atoms with Crippen LogP contribution in [-0.4, -0.2) is 19.8 Å². The zero-order valence-electron chi connectivity index (χ0n) is 7.44. The van der Waals surface area contributed by atoms with E-state index in [0.29, 0.717) is 11.0 Å². The zero-order valence-corrected chi connectivity index (χ0v) is 8.33. The maximum Gasteiger partial charge on any atom is 0.526 e. The van der Waals surface area contributed by atoms with Gasteiger partial charge in [-0.25, -0.2) is 14.5 Å². The molecule has 0 aliphatic rings.